The third-order valence-electron chi connectivity index (χ3n) is 3.97. The van der Waals surface area contributed by atoms with E-state index in [0.717, 1.165) is 36.1 Å². The van der Waals surface area contributed by atoms with Gasteiger partial charge in [0, 0.05) is 6.07 Å². The van der Waals surface area contributed by atoms with Gasteiger partial charge < -0.3 is 5.32 Å². The Kier molecular flexibility index (Phi) is 3.24. The zero-order chi connectivity index (χ0) is 15.0. The number of nitrogens with one attached hydrogen (secondary N) is 1. The van der Waals surface area contributed by atoms with E-state index in [9.17, 15) is 13.6 Å². The van der Waals surface area contributed by atoms with E-state index >= 15 is 0 Å². The summed E-state index contributed by atoms with van der Waals surface area (Å²) in [6, 6.07) is 10.9. The van der Waals surface area contributed by atoms with E-state index in [1.165, 1.54) is 6.07 Å². The molecule has 2 aromatic rings. The fraction of sp³-hybridized carbons (Fsp3) is 0.235. The third-order valence-corrected chi connectivity index (χ3v) is 3.97. The standard InChI is InChI=1S/C17H15F2NO/c1-11-2-4-12(5-3-11)17(8-9-17)16(21)20-15-7-6-13(18)10-14(15)19/h2-7,10H,8-9H2,1H3,(H,20,21). The summed E-state index contributed by atoms with van der Waals surface area (Å²) in [4.78, 5) is 12.4. The number of hydrogen-bond donors (Lipinski definition) is 1. The number of aryl methyl sites for hydroxylation is 1. The highest BCUT2D eigenvalue weighted by Crippen LogP contribution is 2.49. The first-order valence-corrected chi connectivity index (χ1v) is 6.85. The van der Waals surface area contributed by atoms with Crippen molar-refractivity contribution < 1.29 is 13.6 Å². The predicted molar refractivity (Wildman–Crippen MR) is 77.1 cm³/mol. The van der Waals surface area contributed by atoms with Crippen LogP contribution in [0.4, 0.5) is 14.5 Å². The molecule has 0 aliphatic heterocycles. The molecule has 21 heavy (non-hydrogen) atoms. The van der Waals surface area contributed by atoms with Gasteiger partial charge in [0.2, 0.25) is 5.91 Å². The molecular weight excluding hydrogens is 272 g/mol. The maximum Gasteiger partial charge on any atom is 0.235 e. The maximum atomic E-state index is 13.6. The molecule has 0 aromatic heterocycles. The van der Waals surface area contributed by atoms with Crippen molar-refractivity contribution in [1.29, 1.82) is 0 Å². The number of rotatable bonds is 3. The molecule has 4 heteroatoms. The van der Waals surface area contributed by atoms with Crippen molar-refractivity contribution in [1.82, 2.24) is 0 Å². The number of amides is 1. The van der Waals surface area contributed by atoms with Gasteiger partial charge in [0.1, 0.15) is 11.6 Å². The number of carbonyl (C=O) groups excluding carboxylic acids is 1. The summed E-state index contributed by atoms with van der Waals surface area (Å²) in [6.45, 7) is 1.98. The van der Waals surface area contributed by atoms with Crippen LogP contribution in [0.5, 0.6) is 0 Å². The third kappa shape index (κ3) is 2.53. The maximum absolute atomic E-state index is 13.6. The van der Waals surface area contributed by atoms with E-state index in [1.807, 2.05) is 31.2 Å². The van der Waals surface area contributed by atoms with Crippen LogP contribution in [0.3, 0.4) is 0 Å². The van der Waals surface area contributed by atoms with Crippen molar-refractivity contribution in [2.24, 2.45) is 0 Å². The lowest BCUT2D eigenvalue weighted by atomic mass is 9.94. The Morgan fingerprint density at radius 3 is 2.33 bits per heavy atom. The van der Waals surface area contributed by atoms with Gasteiger partial charge in [0.05, 0.1) is 11.1 Å². The Labute approximate surface area is 121 Å². The van der Waals surface area contributed by atoms with Crippen LogP contribution in [0.25, 0.3) is 0 Å². The predicted octanol–water partition coefficient (Wildman–Crippen LogP) is 3.94. The minimum absolute atomic E-state index is 0.0137. The molecule has 108 valence electrons. The van der Waals surface area contributed by atoms with Gasteiger partial charge >= 0.3 is 0 Å². The van der Waals surface area contributed by atoms with Crippen LogP contribution in [0.1, 0.15) is 24.0 Å². The zero-order valence-corrected chi connectivity index (χ0v) is 11.6. The highest BCUT2D eigenvalue weighted by atomic mass is 19.1. The smallest absolute Gasteiger partial charge is 0.235 e. The van der Waals surface area contributed by atoms with Crippen molar-refractivity contribution in [2.75, 3.05) is 5.32 Å². The molecule has 0 bridgehead atoms. The summed E-state index contributed by atoms with van der Waals surface area (Å²) in [6.07, 6.45) is 1.48. The lowest BCUT2D eigenvalue weighted by Crippen LogP contribution is -2.28. The van der Waals surface area contributed by atoms with Crippen LogP contribution in [0.2, 0.25) is 0 Å². The Balaban J connectivity index is 1.83. The number of anilines is 1. The monoisotopic (exact) mass is 287 g/mol. The van der Waals surface area contributed by atoms with Crippen LogP contribution in [-0.2, 0) is 10.2 Å². The summed E-state index contributed by atoms with van der Waals surface area (Å²) >= 11 is 0. The van der Waals surface area contributed by atoms with Gasteiger partial charge in [0.25, 0.3) is 0 Å². The zero-order valence-electron chi connectivity index (χ0n) is 11.6. The molecular formula is C17H15F2NO. The van der Waals surface area contributed by atoms with E-state index in [-0.39, 0.29) is 11.6 Å². The molecule has 1 N–H and O–H groups in total. The summed E-state index contributed by atoms with van der Waals surface area (Å²) in [5.74, 6) is -1.66. The molecule has 1 aliphatic carbocycles. The van der Waals surface area contributed by atoms with Crippen LogP contribution >= 0.6 is 0 Å². The number of halogens is 2. The topological polar surface area (TPSA) is 29.1 Å². The average Bonchev–Trinajstić information content (AvgIpc) is 3.24. The second-order valence-corrected chi connectivity index (χ2v) is 5.53. The van der Waals surface area contributed by atoms with E-state index in [0.29, 0.717) is 0 Å². The minimum atomic E-state index is -0.761. The van der Waals surface area contributed by atoms with Crippen molar-refractivity contribution in [3.63, 3.8) is 0 Å². The van der Waals surface area contributed by atoms with Gasteiger partial charge in [-0.25, -0.2) is 8.78 Å². The van der Waals surface area contributed by atoms with E-state index in [2.05, 4.69) is 5.32 Å². The number of carbonyl (C=O) groups is 1. The lowest BCUT2D eigenvalue weighted by molar-refractivity contribution is -0.118. The first-order chi connectivity index (χ1) is 10.0. The first-order valence-electron chi connectivity index (χ1n) is 6.85. The molecule has 3 rings (SSSR count). The molecule has 1 aliphatic rings. The van der Waals surface area contributed by atoms with Gasteiger partial charge in [-0.05, 0) is 37.5 Å². The van der Waals surface area contributed by atoms with Crippen molar-refractivity contribution in [3.05, 3.63) is 65.2 Å². The SMILES string of the molecule is Cc1ccc(C2(C(=O)Nc3ccc(F)cc3F)CC2)cc1. The molecule has 0 saturated heterocycles. The molecule has 0 unspecified atom stereocenters. The van der Waals surface area contributed by atoms with E-state index in [4.69, 9.17) is 0 Å². The van der Waals surface area contributed by atoms with Crippen molar-refractivity contribution >= 4 is 11.6 Å². The molecule has 1 amide bonds. The van der Waals surface area contributed by atoms with Crippen LogP contribution in [0, 0.1) is 18.6 Å². The molecule has 0 spiro atoms. The summed E-state index contributed by atoms with van der Waals surface area (Å²) in [7, 11) is 0. The van der Waals surface area contributed by atoms with Crippen LogP contribution in [0.15, 0.2) is 42.5 Å². The molecule has 0 heterocycles. The Morgan fingerprint density at radius 1 is 1.10 bits per heavy atom. The van der Waals surface area contributed by atoms with Crippen molar-refractivity contribution in [3.8, 4) is 0 Å². The van der Waals surface area contributed by atoms with Crippen LogP contribution < -0.4 is 5.32 Å². The number of hydrogen-bond acceptors (Lipinski definition) is 1. The van der Waals surface area contributed by atoms with Gasteiger partial charge in [-0.2, -0.15) is 0 Å². The van der Waals surface area contributed by atoms with Crippen LogP contribution in [-0.4, -0.2) is 5.91 Å². The van der Waals surface area contributed by atoms with Gasteiger partial charge in [-0.3, -0.25) is 4.79 Å². The largest absolute Gasteiger partial charge is 0.323 e. The second kappa shape index (κ2) is 4.95. The summed E-state index contributed by atoms with van der Waals surface area (Å²) in [5, 5.41) is 2.57. The molecule has 0 atom stereocenters. The first kappa shape index (κ1) is 13.7. The summed E-state index contributed by atoms with van der Waals surface area (Å²) in [5.41, 5.74) is 1.50. The molecule has 1 fully saturated rings. The highest BCUT2D eigenvalue weighted by molar-refractivity contribution is 6.01. The fourth-order valence-electron chi connectivity index (χ4n) is 2.48. The average molecular weight is 287 g/mol. The lowest BCUT2D eigenvalue weighted by Gasteiger charge is -2.16. The van der Waals surface area contributed by atoms with Gasteiger partial charge in [-0.1, -0.05) is 29.8 Å². The Bertz CT molecular complexity index is 690. The Morgan fingerprint density at radius 2 is 1.76 bits per heavy atom. The second-order valence-electron chi connectivity index (χ2n) is 5.53. The van der Waals surface area contributed by atoms with E-state index in [1.54, 1.807) is 0 Å². The molecule has 0 radical (unpaired) electrons. The van der Waals surface area contributed by atoms with Crippen molar-refractivity contribution in [2.45, 2.75) is 25.2 Å². The quantitative estimate of drug-likeness (QED) is 0.910. The van der Waals surface area contributed by atoms with E-state index < -0.39 is 17.0 Å². The molecule has 2 aromatic carbocycles. The van der Waals surface area contributed by atoms with Gasteiger partial charge in [0.15, 0.2) is 0 Å². The summed E-state index contributed by atoms with van der Waals surface area (Å²) < 4.78 is 26.5. The number of benzene rings is 2. The normalized spacial score (nSPS) is 15.6. The van der Waals surface area contributed by atoms with Gasteiger partial charge in [-0.15, -0.1) is 0 Å². The minimum Gasteiger partial charge on any atom is -0.323 e. The highest BCUT2D eigenvalue weighted by Gasteiger charge is 2.51. The Hall–Kier alpha value is -2.23. The molecule has 2 nitrogen and oxygen atoms in total. The fourth-order valence-corrected chi connectivity index (χ4v) is 2.48. The molecule has 1 saturated carbocycles.